The molecule has 1 atom stereocenters. The van der Waals surface area contributed by atoms with Crippen molar-refractivity contribution in [3.05, 3.63) is 70.6 Å². The number of hydrogen-bond acceptors (Lipinski definition) is 4. The molecule has 3 aromatic rings. The quantitative estimate of drug-likeness (QED) is 0.772. The van der Waals surface area contributed by atoms with Crippen LogP contribution in [0.1, 0.15) is 34.8 Å². The van der Waals surface area contributed by atoms with Gasteiger partial charge in [0.1, 0.15) is 6.04 Å². The SMILES string of the molecule is Cc1ccc(-c2noc(C(C)NC(=O)c3cccc(Cl)c3)n2)cc1. The number of hydrogen-bond donors (Lipinski definition) is 1. The van der Waals surface area contributed by atoms with Crippen molar-refractivity contribution in [2.45, 2.75) is 19.9 Å². The first-order valence-electron chi connectivity index (χ1n) is 7.50. The zero-order valence-electron chi connectivity index (χ0n) is 13.3. The van der Waals surface area contributed by atoms with Crippen LogP contribution < -0.4 is 5.32 Å². The highest BCUT2D eigenvalue weighted by Gasteiger charge is 2.18. The lowest BCUT2D eigenvalue weighted by atomic mass is 10.1. The molecule has 0 saturated heterocycles. The average molecular weight is 342 g/mol. The van der Waals surface area contributed by atoms with Gasteiger partial charge in [0.05, 0.1) is 0 Å². The van der Waals surface area contributed by atoms with E-state index in [1.54, 1.807) is 31.2 Å². The highest BCUT2D eigenvalue weighted by Crippen LogP contribution is 2.19. The molecule has 1 unspecified atom stereocenters. The van der Waals surface area contributed by atoms with E-state index in [1.807, 2.05) is 31.2 Å². The summed E-state index contributed by atoms with van der Waals surface area (Å²) in [6.07, 6.45) is 0. The Hall–Kier alpha value is -2.66. The third-order valence-electron chi connectivity index (χ3n) is 3.56. The molecule has 2 aromatic carbocycles. The summed E-state index contributed by atoms with van der Waals surface area (Å²) in [5, 5.41) is 7.30. The van der Waals surface area contributed by atoms with E-state index >= 15 is 0 Å². The van der Waals surface area contributed by atoms with Crippen molar-refractivity contribution in [1.29, 1.82) is 0 Å². The molecule has 5 nitrogen and oxygen atoms in total. The minimum Gasteiger partial charge on any atom is -0.341 e. The number of carbonyl (C=O) groups is 1. The van der Waals surface area contributed by atoms with Gasteiger partial charge in [0, 0.05) is 16.1 Å². The van der Waals surface area contributed by atoms with E-state index in [0.717, 1.165) is 11.1 Å². The van der Waals surface area contributed by atoms with Crippen LogP contribution in [0.25, 0.3) is 11.4 Å². The lowest BCUT2D eigenvalue weighted by Gasteiger charge is -2.09. The van der Waals surface area contributed by atoms with Gasteiger partial charge in [-0.2, -0.15) is 4.98 Å². The monoisotopic (exact) mass is 341 g/mol. The summed E-state index contributed by atoms with van der Waals surface area (Å²) in [5.74, 6) is 0.592. The van der Waals surface area contributed by atoms with Crippen molar-refractivity contribution in [3.8, 4) is 11.4 Å². The van der Waals surface area contributed by atoms with Crippen molar-refractivity contribution < 1.29 is 9.32 Å². The number of carbonyl (C=O) groups excluding carboxylic acids is 1. The van der Waals surface area contributed by atoms with Crippen molar-refractivity contribution >= 4 is 17.5 Å². The van der Waals surface area contributed by atoms with E-state index in [-0.39, 0.29) is 5.91 Å². The number of amides is 1. The van der Waals surface area contributed by atoms with Crippen molar-refractivity contribution in [2.75, 3.05) is 0 Å². The molecular weight excluding hydrogens is 326 g/mol. The Morgan fingerprint density at radius 3 is 2.67 bits per heavy atom. The third-order valence-corrected chi connectivity index (χ3v) is 3.79. The fourth-order valence-electron chi connectivity index (χ4n) is 2.20. The van der Waals surface area contributed by atoms with Gasteiger partial charge >= 0.3 is 0 Å². The van der Waals surface area contributed by atoms with Crippen LogP contribution in [-0.2, 0) is 0 Å². The molecule has 0 fully saturated rings. The average Bonchev–Trinajstić information content (AvgIpc) is 3.05. The maximum Gasteiger partial charge on any atom is 0.251 e. The van der Waals surface area contributed by atoms with Crippen LogP contribution in [0.15, 0.2) is 53.1 Å². The Bertz CT molecular complexity index is 859. The van der Waals surface area contributed by atoms with Gasteiger partial charge in [0.15, 0.2) is 0 Å². The first-order chi connectivity index (χ1) is 11.5. The van der Waals surface area contributed by atoms with Crippen molar-refractivity contribution in [3.63, 3.8) is 0 Å². The summed E-state index contributed by atoms with van der Waals surface area (Å²) in [4.78, 5) is 16.6. The maximum absolute atomic E-state index is 12.2. The maximum atomic E-state index is 12.2. The van der Waals surface area contributed by atoms with Crippen LogP contribution >= 0.6 is 11.6 Å². The molecule has 1 amide bonds. The number of benzene rings is 2. The van der Waals surface area contributed by atoms with E-state index < -0.39 is 6.04 Å². The zero-order valence-corrected chi connectivity index (χ0v) is 14.0. The summed E-state index contributed by atoms with van der Waals surface area (Å²) in [7, 11) is 0. The molecule has 0 saturated carbocycles. The van der Waals surface area contributed by atoms with Crippen LogP contribution in [-0.4, -0.2) is 16.0 Å². The van der Waals surface area contributed by atoms with Crippen LogP contribution in [0.4, 0.5) is 0 Å². The predicted molar refractivity (Wildman–Crippen MR) is 91.8 cm³/mol. The van der Waals surface area contributed by atoms with E-state index in [4.69, 9.17) is 16.1 Å². The number of nitrogens with one attached hydrogen (secondary N) is 1. The van der Waals surface area contributed by atoms with Gasteiger partial charge < -0.3 is 9.84 Å². The molecule has 1 N–H and O–H groups in total. The van der Waals surface area contributed by atoms with E-state index in [0.29, 0.717) is 22.3 Å². The fraction of sp³-hybridized carbons (Fsp3) is 0.167. The summed E-state index contributed by atoms with van der Waals surface area (Å²) in [6, 6.07) is 14.2. The van der Waals surface area contributed by atoms with Gasteiger partial charge in [0.25, 0.3) is 5.91 Å². The fourth-order valence-corrected chi connectivity index (χ4v) is 2.39. The summed E-state index contributed by atoms with van der Waals surface area (Å²) in [6.45, 7) is 3.80. The molecule has 0 aliphatic rings. The topological polar surface area (TPSA) is 68.0 Å². The molecule has 6 heteroatoms. The number of aryl methyl sites for hydroxylation is 1. The highest BCUT2D eigenvalue weighted by molar-refractivity contribution is 6.30. The zero-order chi connectivity index (χ0) is 17.1. The third kappa shape index (κ3) is 3.63. The molecule has 0 radical (unpaired) electrons. The largest absolute Gasteiger partial charge is 0.341 e. The van der Waals surface area contributed by atoms with E-state index in [1.165, 1.54) is 0 Å². The van der Waals surface area contributed by atoms with Crippen molar-refractivity contribution in [2.24, 2.45) is 0 Å². The van der Waals surface area contributed by atoms with Crippen LogP contribution in [0.5, 0.6) is 0 Å². The Kier molecular flexibility index (Phi) is 4.62. The van der Waals surface area contributed by atoms with Crippen molar-refractivity contribution in [1.82, 2.24) is 15.5 Å². The smallest absolute Gasteiger partial charge is 0.251 e. The highest BCUT2D eigenvalue weighted by atomic mass is 35.5. The van der Waals surface area contributed by atoms with Gasteiger partial charge in [-0.25, -0.2) is 0 Å². The number of nitrogens with zero attached hydrogens (tertiary/aromatic N) is 2. The van der Waals surface area contributed by atoms with Crippen LogP contribution in [0.2, 0.25) is 5.02 Å². The summed E-state index contributed by atoms with van der Waals surface area (Å²) >= 11 is 5.90. The second-order valence-corrected chi connectivity index (χ2v) is 5.96. The minimum atomic E-state index is -0.414. The molecule has 0 bridgehead atoms. The molecule has 0 aliphatic heterocycles. The van der Waals surface area contributed by atoms with E-state index in [9.17, 15) is 4.79 Å². The molecule has 0 aliphatic carbocycles. The van der Waals surface area contributed by atoms with Gasteiger partial charge in [-0.3, -0.25) is 4.79 Å². The van der Waals surface area contributed by atoms with E-state index in [2.05, 4.69) is 15.5 Å². The number of aromatic nitrogens is 2. The Morgan fingerprint density at radius 2 is 1.96 bits per heavy atom. The second kappa shape index (κ2) is 6.84. The molecule has 1 heterocycles. The number of rotatable bonds is 4. The number of halogens is 1. The molecule has 1 aromatic heterocycles. The summed E-state index contributed by atoms with van der Waals surface area (Å²) < 4.78 is 5.27. The standard InChI is InChI=1S/C18H16ClN3O2/c1-11-6-8-13(9-7-11)16-21-18(24-22-16)12(2)20-17(23)14-4-3-5-15(19)10-14/h3-10,12H,1-2H3,(H,20,23). The Morgan fingerprint density at radius 1 is 1.21 bits per heavy atom. The Balaban J connectivity index is 1.73. The molecule has 0 spiro atoms. The molecule has 3 rings (SSSR count). The van der Waals surface area contributed by atoms with Gasteiger partial charge in [0.2, 0.25) is 11.7 Å². The molecule has 122 valence electrons. The Labute approximate surface area is 144 Å². The lowest BCUT2D eigenvalue weighted by Crippen LogP contribution is -2.26. The molecular formula is C18H16ClN3O2. The predicted octanol–water partition coefficient (Wildman–Crippen LogP) is 4.19. The normalized spacial score (nSPS) is 12.0. The first-order valence-corrected chi connectivity index (χ1v) is 7.88. The van der Waals surface area contributed by atoms with Crippen LogP contribution in [0.3, 0.4) is 0 Å². The van der Waals surface area contributed by atoms with Gasteiger partial charge in [-0.05, 0) is 32.0 Å². The first kappa shape index (κ1) is 16.2. The van der Waals surface area contributed by atoms with Gasteiger partial charge in [-0.15, -0.1) is 0 Å². The second-order valence-electron chi connectivity index (χ2n) is 5.53. The van der Waals surface area contributed by atoms with Crippen LogP contribution in [0, 0.1) is 6.92 Å². The lowest BCUT2D eigenvalue weighted by molar-refractivity contribution is 0.0932. The molecule has 24 heavy (non-hydrogen) atoms. The van der Waals surface area contributed by atoms with Gasteiger partial charge in [-0.1, -0.05) is 52.7 Å². The summed E-state index contributed by atoms with van der Waals surface area (Å²) in [5.41, 5.74) is 2.50. The minimum absolute atomic E-state index is 0.250.